The van der Waals surface area contributed by atoms with Crippen molar-refractivity contribution in [3.8, 4) is 16.9 Å². The molecule has 1 heterocycles. The normalized spacial score (nSPS) is 11.2. The van der Waals surface area contributed by atoms with E-state index in [1.165, 1.54) is 6.21 Å². The molecular formula is C29H17Br2Cl2N3O3. The van der Waals surface area contributed by atoms with E-state index in [9.17, 15) is 9.59 Å². The number of esters is 1. The molecule has 0 unspecified atom stereocenters. The van der Waals surface area contributed by atoms with E-state index in [0.717, 1.165) is 14.3 Å². The van der Waals surface area contributed by atoms with E-state index >= 15 is 0 Å². The van der Waals surface area contributed by atoms with Gasteiger partial charge in [-0.1, -0.05) is 91.5 Å². The van der Waals surface area contributed by atoms with E-state index in [2.05, 4.69) is 47.4 Å². The van der Waals surface area contributed by atoms with Crippen LogP contribution >= 0.6 is 55.1 Å². The van der Waals surface area contributed by atoms with Crippen molar-refractivity contribution in [2.24, 2.45) is 5.10 Å². The first kappa shape index (κ1) is 27.1. The number of hydrogen-bond acceptors (Lipinski definition) is 4. The molecule has 0 saturated heterocycles. The van der Waals surface area contributed by atoms with Crippen LogP contribution in [-0.4, -0.2) is 23.1 Å². The summed E-state index contributed by atoms with van der Waals surface area (Å²) in [6.45, 7) is 0. The summed E-state index contributed by atoms with van der Waals surface area (Å²) < 4.78 is 7.08. The lowest BCUT2D eigenvalue weighted by atomic mass is 10.0. The number of benzene rings is 4. The van der Waals surface area contributed by atoms with Crippen LogP contribution in [0.5, 0.6) is 5.75 Å². The van der Waals surface area contributed by atoms with Gasteiger partial charge in [-0.2, -0.15) is 5.10 Å². The molecule has 6 nitrogen and oxygen atoms in total. The van der Waals surface area contributed by atoms with Crippen LogP contribution in [0.25, 0.3) is 22.0 Å². The number of aromatic amines is 1. The van der Waals surface area contributed by atoms with Crippen molar-refractivity contribution in [2.75, 3.05) is 0 Å². The fraction of sp³-hybridized carbons (Fsp3) is 0. The number of fused-ring (bicyclic) bond motifs is 1. The Hall–Kier alpha value is -3.43. The lowest BCUT2D eigenvalue weighted by Gasteiger charge is -2.08. The van der Waals surface area contributed by atoms with Crippen LogP contribution in [0.2, 0.25) is 10.0 Å². The second kappa shape index (κ2) is 11.8. The molecule has 0 aliphatic carbocycles. The number of amides is 1. The zero-order valence-corrected chi connectivity index (χ0v) is 24.5. The summed E-state index contributed by atoms with van der Waals surface area (Å²) in [5.41, 5.74) is 5.51. The lowest BCUT2D eigenvalue weighted by Crippen LogP contribution is -2.19. The molecule has 0 bridgehead atoms. The van der Waals surface area contributed by atoms with E-state index in [4.69, 9.17) is 27.9 Å². The average molecular weight is 686 g/mol. The molecule has 1 amide bonds. The number of aromatic nitrogens is 1. The van der Waals surface area contributed by atoms with Gasteiger partial charge in [0, 0.05) is 36.0 Å². The number of hydrazone groups is 1. The third-order valence-corrected chi connectivity index (χ3v) is 7.33. The number of carbonyl (C=O) groups excluding carboxylic acids is 2. The molecule has 5 aromatic rings. The van der Waals surface area contributed by atoms with Crippen LogP contribution in [0.4, 0.5) is 0 Å². The fourth-order valence-electron chi connectivity index (χ4n) is 4.00. The number of hydrogen-bond donors (Lipinski definition) is 2. The quantitative estimate of drug-likeness (QED) is 0.0812. The van der Waals surface area contributed by atoms with E-state index < -0.39 is 11.9 Å². The minimum Gasteiger partial charge on any atom is -0.422 e. The second-order valence-electron chi connectivity index (χ2n) is 8.30. The van der Waals surface area contributed by atoms with Crippen LogP contribution < -0.4 is 10.2 Å². The van der Waals surface area contributed by atoms with Crippen molar-refractivity contribution in [1.29, 1.82) is 0 Å². The summed E-state index contributed by atoms with van der Waals surface area (Å²) in [5, 5.41) is 5.77. The van der Waals surface area contributed by atoms with Crippen LogP contribution in [0.1, 0.15) is 26.4 Å². The molecule has 10 heteroatoms. The van der Waals surface area contributed by atoms with Gasteiger partial charge in [0.2, 0.25) is 0 Å². The second-order valence-corrected chi connectivity index (χ2v) is 10.9. The molecule has 2 N–H and O–H groups in total. The molecule has 0 atom stereocenters. The topological polar surface area (TPSA) is 83.5 Å². The van der Waals surface area contributed by atoms with Gasteiger partial charge in [-0.05, 0) is 48.5 Å². The van der Waals surface area contributed by atoms with Crippen LogP contribution in [0.15, 0.2) is 99.0 Å². The standard InChI is InChI=1S/C29H17Br2Cl2N3O3/c30-18-10-11-24(39-29(38)16-6-2-1-3-7-16)17(12-18)15-34-36-28(37)27-25(20-8-4-5-9-22(20)32)21-13-19(31)14-23(33)26(21)35-27/h1-15,35H,(H,36,37). The average Bonchev–Trinajstić information content (AvgIpc) is 3.30. The molecular weight excluding hydrogens is 669 g/mol. The molecule has 4 aromatic carbocycles. The Labute approximate surface area is 250 Å². The number of H-pyrrole nitrogens is 1. The summed E-state index contributed by atoms with van der Waals surface area (Å²) in [4.78, 5) is 29.1. The zero-order valence-electron chi connectivity index (χ0n) is 19.8. The Kier molecular flexibility index (Phi) is 8.18. The molecule has 0 spiro atoms. The van der Waals surface area contributed by atoms with Crippen LogP contribution in [0, 0.1) is 0 Å². The van der Waals surface area contributed by atoms with Gasteiger partial charge in [0.05, 0.1) is 22.3 Å². The highest BCUT2D eigenvalue weighted by molar-refractivity contribution is 9.10. The summed E-state index contributed by atoms with van der Waals surface area (Å²) in [6, 6.07) is 24.6. The highest BCUT2D eigenvalue weighted by Crippen LogP contribution is 2.40. The maximum Gasteiger partial charge on any atom is 0.343 e. The van der Waals surface area contributed by atoms with Crippen molar-refractivity contribution in [2.45, 2.75) is 0 Å². The number of carbonyl (C=O) groups is 2. The lowest BCUT2D eigenvalue weighted by molar-refractivity contribution is 0.0734. The van der Waals surface area contributed by atoms with Gasteiger partial charge in [0.1, 0.15) is 11.4 Å². The van der Waals surface area contributed by atoms with E-state index in [1.807, 2.05) is 30.3 Å². The largest absolute Gasteiger partial charge is 0.422 e. The highest BCUT2D eigenvalue weighted by atomic mass is 79.9. The Balaban J connectivity index is 1.46. The number of nitrogens with one attached hydrogen (secondary N) is 2. The summed E-state index contributed by atoms with van der Waals surface area (Å²) in [7, 11) is 0. The maximum absolute atomic E-state index is 13.4. The molecule has 5 rings (SSSR count). The van der Waals surface area contributed by atoms with Gasteiger partial charge in [-0.3, -0.25) is 4.79 Å². The maximum atomic E-state index is 13.4. The van der Waals surface area contributed by atoms with Gasteiger partial charge in [-0.15, -0.1) is 0 Å². The first-order valence-electron chi connectivity index (χ1n) is 11.5. The van der Waals surface area contributed by atoms with Crippen LogP contribution in [0.3, 0.4) is 0 Å². The number of nitrogens with zero attached hydrogens (tertiary/aromatic N) is 1. The Morgan fingerprint density at radius 2 is 1.62 bits per heavy atom. The van der Waals surface area contributed by atoms with Gasteiger partial charge < -0.3 is 9.72 Å². The monoisotopic (exact) mass is 683 g/mol. The molecule has 0 radical (unpaired) electrons. The number of ether oxygens (including phenoxy) is 1. The van der Waals surface area contributed by atoms with Crippen molar-refractivity contribution in [3.05, 3.63) is 121 Å². The molecule has 0 aliphatic rings. The van der Waals surface area contributed by atoms with Gasteiger partial charge in [0.25, 0.3) is 5.91 Å². The Morgan fingerprint density at radius 3 is 2.38 bits per heavy atom. The minimum atomic E-state index is -0.512. The summed E-state index contributed by atoms with van der Waals surface area (Å²) >= 11 is 19.9. The summed E-state index contributed by atoms with van der Waals surface area (Å²) in [5.74, 6) is -0.742. The molecule has 0 saturated carbocycles. The molecule has 194 valence electrons. The van der Waals surface area contributed by atoms with Crippen LogP contribution in [-0.2, 0) is 0 Å². The first-order valence-corrected chi connectivity index (χ1v) is 13.8. The molecule has 39 heavy (non-hydrogen) atoms. The van der Waals surface area contributed by atoms with E-state index in [0.29, 0.717) is 37.8 Å². The van der Waals surface area contributed by atoms with Gasteiger partial charge >= 0.3 is 5.97 Å². The SMILES string of the molecule is O=C(Oc1ccc(Br)cc1C=NNC(=O)c1[nH]c2c(Cl)cc(Br)cc2c1-c1ccccc1Cl)c1ccccc1. The minimum absolute atomic E-state index is 0.236. The number of halogens is 4. The van der Waals surface area contributed by atoms with Gasteiger partial charge in [0.15, 0.2) is 0 Å². The van der Waals surface area contributed by atoms with E-state index in [1.54, 1.807) is 54.6 Å². The van der Waals surface area contributed by atoms with Crippen molar-refractivity contribution < 1.29 is 14.3 Å². The Bertz CT molecular complexity index is 1750. The third kappa shape index (κ3) is 5.94. The smallest absolute Gasteiger partial charge is 0.343 e. The predicted octanol–water partition coefficient (Wildman–Crippen LogP) is 8.65. The predicted molar refractivity (Wildman–Crippen MR) is 162 cm³/mol. The molecule has 1 aromatic heterocycles. The summed E-state index contributed by atoms with van der Waals surface area (Å²) in [6.07, 6.45) is 1.40. The molecule has 0 aliphatic heterocycles. The Morgan fingerprint density at radius 1 is 0.872 bits per heavy atom. The van der Waals surface area contributed by atoms with Crippen molar-refractivity contribution in [3.63, 3.8) is 0 Å². The molecule has 0 fully saturated rings. The third-order valence-electron chi connectivity index (χ3n) is 5.75. The van der Waals surface area contributed by atoms with Crippen molar-refractivity contribution >= 4 is 84.1 Å². The fourth-order valence-corrected chi connectivity index (χ4v) is 5.46. The van der Waals surface area contributed by atoms with Gasteiger partial charge in [-0.25, -0.2) is 10.2 Å². The zero-order chi connectivity index (χ0) is 27.5. The highest BCUT2D eigenvalue weighted by Gasteiger charge is 2.22. The number of rotatable bonds is 6. The van der Waals surface area contributed by atoms with Crippen molar-refractivity contribution in [1.82, 2.24) is 10.4 Å². The van der Waals surface area contributed by atoms with E-state index in [-0.39, 0.29) is 11.4 Å². The first-order chi connectivity index (χ1) is 18.8.